The highest BCUT2D eigenvalue weighted by Crippen LogP contribution is 2.13. The van der Waals surface area contributed by atoms with Crippen LogP contribution >= 0.6 is 12.2 Å². The van der Waals surface area contributed by atoms with Crippen LogP contribution in [0.3, 0.4) is 0 Å². The van der Waals surface area contributed by atoms with Gasteiger partial charge in [0.15, 0.2) is 0 Å². The van der Waals surface area contributed by atoms with Gasteiger partial charge in [-0.1, -0.05) is 32.1 Å². The molecule has 0 saturated carbocycles. The number of rotatable bonds is 7. The third-order valence-corrected chi connectivity index (χ3v) is 2.91. The Morgan fingerprint density at radius 3 is 2.58 bits per heavy atom. The predicted molar refractivity (Wildman–Crippen MR) is 77.9 cm³/mol. The molecule has 0 atom stereocenters. The first-order chi connectivity index (χ1) is 8.88. The third-order valence-electron chi connectivity index (χ3n) is 2.71. The maximum atomic E-state index is 13.6. The number of thiocarbonyl (C=S) groups is 1. The summed E-state index contributed by atoms with van der Waals surface area (Å²) in [4.78, 5) is 2.54. The topological polar surface area (TPSA) is 29.3 Å². The summed E-state index contributed by atoms with van der Waals surface area (Å²) >= 11 is 4.86. The van der Waals surface area contributed by atoms with Gasteiger partial charge >= 0.3 is 0 Å². The smallest absolute Gasteiger partial charge is 0.130 e. The Labute approximate surface area is 118 Å². The highest BCUT2D eigenvalue weighted by molar-refractivity contribution is 7.80. The highest BCUT2D eigenvalue weighted by Gasteiger charge is 2.12. The molecule has 0 spiro atoms. The zero-order valence-corrected chi connectivity index (χ0v) is 12.1. The van der Waals surface area contributed by atoms with Gasteiger partial charge in [-0.2, -0.15) is 0 Å². The van der Waals surface area contributed by atoms with Crippen LogP contribution in [0.4, 0.5) is 8.78 Å². The van der Waals surface area contributed by atoms with Gasteiger partial charge in [0, 0.05) is 37.7 Å². The number of halogens is 2. The first-order valence-electron chi connectivity index (χ1n) is 6.33. The van der Waals surface area contributed by atoms with Gasteiger partial charge in [-0.15, -0.1) is 0 Å². The summed E-state index contributed by atoms with van der Waals surface area (Å²) in [5.74, 6) is -0.612. The molecular weight excluding hydrogens is 266 g/mol. The zero-order valence-electron chi connectivity index (χ0n) is 11.3. The van der Waals surface area contributed by atoms with Crippen molar-refractivity contribution in [1.82, 2.24) is 4.90 Å². The third kappa shape index (κ3) is 6.07. The van der Waals surface area contributed by atoms with Gasteiger partial charge in [0.1, 0.15) is 11.6 Å². The quantitative estimate of drug-likeness (QED) is 0.781. The zero-order chi connectivity index (χ0) is 14.4. The number of nitrogens with zero attached hydrogens (tertiary/aromatic N) is 1. The Morgan fingerprint density at radius 2 is 2.05 bits per heavy atom. The Bertz CT molecular complexity index is 435. The van der Waals surface area contributed by atoms with E-state index in [-0.39, 0.29) is 0 Å². The van der Waals surface area contributed by atoms with Crippen LogP contribution in [0.25, 0.3) is 0 Å². The molecule has 0 aliphatic carbocycles. The number of hydrogen-bond donors (Lipinski definition) is 1. The van der Waals surface area contributed by atoms with E-state index in [2.05, 4.69) is 18.7 Å². The molecule has 0 aliphatic rings. The van der Waals surface area contributed by atoms with E-state index in [0.29, 0.717) is 36.0 Å². The van der Waals surface area contributed by atoms with Crippen LogP contribution in [0.1, 0.15) is 25.8 Å². The average molecular weight is 286 g/mol. The molecule has 0 unspecified atom stereocenters. The van der Waals surface area contributed by atoms with E-state index >= 15 is 0 Å². The molecule has 1 rings (SSSR count). The molecular formula is C14H20F2N2S. The summed E-state index contributed by atoms with van der Waals surface area (Å²) in [5.41, 5.74) is 5.99. The second kappa shape index (κ2) is 7.50. The van der Waals surface area contributed by atoms with Gasteiger partial charge in [0.25, 0.3) is 0 Å². The van der Waals surface area contributed by atoms with Gasteiger partial charge in [-0.25, -0.2) is 8.78 Å². The Hall–Kier alpha value is -1.07. The Morgan fingerprint density at radius 1 is 1.37 bits per heavy atom. The Kier molecular flexibility index (Phi) is 6.31. The number of nitrogens with two attached hydrogens (primary N) is 1. The number of benzene rings is 1. The average Bonchev–Trinajstić information content (AvgIpc) is 2.28. The minimum atomic E-state index is -0.556. The molecule has 0 saturated heterocycles. The molecule has 0 fully saturated rings. The fraction of sp³-hybridized carbons (Fsp3) is 0.500. The summed E-state index contributed by atoms with van der Waals surface area (Å²) in [6, 6.07) is 3.68. The van der Waals surface area contributed by atoms with E-state index in [9.17, 15) is 8.78 Å². The van der Waals surface area contributed by atoms with Crippen LogP contribution in [-0.4, -0.2) is 23.0 Å². The van der Waals surface area contributed by atoms with Crippen molar-refractivity contribution in [3.8, 4) is 0 Å². The first-order valence-corrected chi connectivity index (χ1v) is 6.74. The van der Waals surface area contributed by atoms with Crippen LogP contribution in [0, 0.1) is 17.6 Å². The monoisotopic (exact) mass is 286 g/mol. The van der Waals surface area contributed by atoms with Crippen molar-refractivity contribution in [1.29, 1.82) is 0 Å². The summed E-state index contributed by atoms with van der Waals surface area (Å²) in [7, 11) is 0. The lowest BCUT2D eigenvalue weighted by Crippen LogP contribution is -2.31. The lowest BCUT2D eigenvalue weighted by molar-refractivity contribution is 0.239. The molecule has 0 amide bonds. The van der Waals surface area contributed by atoms with Gasteiger partial charge in [-0.3, -0.25) is 4.90 Å². The minimum absolute atomic E-state index is 0.437. The SMILES string of the molecule is CC(C)CN(CCC(N)=S)Cc1ccc(F)cc1F. The second-order valence-corrected chi connectivity index (χ2v) is 5.61. The van der Waals surface area contributed by atoms with Crippen LogP contribution in [0.5, 0.6) is 0 Å². The maximum Gasteiger partial charge on any atom is 0.130 e. The lowest BCUT2D eigenvalue weighted by Gasteiger charge is -2.24. The largest absolute Gasteiger partial charge is 0.393 e. The molecule has 1 aromatic carbocycles. The first kappa shape index (κ1) is 16.0. The van der Waals surface area contributed by atoms with Crippen molar-refractivity contribution >= 4 is 17.2 Å². The van der Waals surface area contributed by atoms with Crippen molar-refractivity contribution in [3.63, 3.8) is 0 Å². The van der Waals surface area contributed by atoms with Crippen molar-refractivity contribution in [2.75, 3.05) is 13.1 Å². The summed E-state index contributed by atoms with van der Waals surface area (Å²) in [6.07, 6.45) is 0.602. The molecule has 0 radical (unpaired) electrons. The van der Waals surface area contributed by atoms with E-state index in [4.69, 9.17) is 18.0 Å². The maximum absolute atomic E-state index is 13.6. The summed E-state index contributed by atoms with van der Waals surface area (Å²) in [6.45, 7) is 6.13. The standard InChI is InChI=1S/C14H20F2N2S/c1-10(2)8-18(6-5-14(17)19)9-11-3-4-12(15)7-13(11)16/h3-4,7,10H,5-6,8-9H2,1-2H3,(H2,17,19). The van der Waals surface area contributed by atoms with Gasteiger partial charge < -0.3 is 5.73 Å². The van der Waals surface area contributed by atoms with E-state index in [1.54, 1.807) is 0 Å². The van der Waals surface area contributed by atoms with Crippen LogP contribution < -0.4 is 5.73 Å². The Balaban J connectivity index is 2.72. The molecule has 0 heterocycles. The second-order valence-electron chi connectivity index (χ2n) is 5.08. The van der Waals surface area contributed by atoms with E-state index in [0.717, 1.165) is 12.6 Å². The summed E-state index contributed by atoms with van der Waals surface area (Å²) in [5, 5.41) is 0. The van der Waals surface area contributed by atoms with Crippen molar-refractivity contribution in [2.24, 2.45) is 11.7 Å². The van der Waals surface area contributed by atoms with Gasteiger partial charge in [0.05, 0.1) is 4.99 Å². The van der Waals surface area contributed by atoms with Crippen molar-refractivity contribution in [2.45, 2.75) is 26.8 Å². The predicted octanol–water partition coefficient (Wildman–Crippen LogP) is 3.10. The van der Waals surface area contributed by atoms with Gasteiger partial charge in [-0.05, 0) is 12.0 Å². The van der Waals surface area contributed by atoms with Crippen molar-refractivity contribution < 1.29 is 8.78 Å². The van der Waals surface area contributed by atoms with Gasteiger partial charge in [0.2, 0.25) is 0 Å². The van der Waals surface area contributed by atoms with E-state index in [1.807, 2.05) is 0 Å². The number of hydrogen-bond acceptors (Lipinski definition) is 2. The molecule has 5 heteroatoms. The lowest BCUT2D eigenvalue weighted by atomic mass is 10.1. The normalized spacial score (nSPS) is 11.3. The summed E-state index contributed by atoms with van der Waals surface area (Å²) < 4.78 is 26.5. The fourth-order valence-electron chi connectivity index (χ4n) is 1.91. The molecule has 1 aromatic rings. The fourth-order valence-corrected chi connectivity index (χ4v) is 2.00. The molecule has 2 nitrogen and oxygen atoms in total. The molecule has 0 bridgehead atoms. The van der Waals surface area contributed by atoms with Crippen LogP contribution in [-0.2, 0) is 6.54 Å². The van der Waals surface area contributed by atoms with Crippen LogP contribution in [0.15, 0.2) is 18.2 Å². The molecule has 0 aromatic heterocycles. The molecule has 19 heavy (non-hydrogen) atoms. The van der Waals surface area contributed by atoms with Crippen LogP contribution in [0.2, 0.25) is 0 Å². The molecule has 2 N–H and O–H groups in total. The minimum Gasteiger partial charge on any atom is -0.393 e. The van der Waals surface area contributed by atoms with Crippen molar-refractivity contribution in [3.05, 3.63) is 35.4 Å². The highest BCUT2D eigenvalue weighted by atomic mass is 32.1. The molecule has 0 aliphatic heterocycles. The molecule has 106 valence electrons. The van der Waals surface area contributed by atoms with E-state index < -0.39 is 11.6 Å². The van der Waals surface area contributed by atoms with E-state index in [1.165, 1.54) is 12.1 Å².